The van der Waals surface area contributed by atoms with Gasteiger partial charge >= 0.3 is 5.97 Å². The number of benzene rings is 1. The summed E-state index contributed by atoms with van der Waals surface area (Å²) in [6, 6.07) is 9.64. The summed E-state index contributed by atoms with van der Waals surface area (Å²) in [6.45, 7) is 5.11. The lowest BCUT2D eigenvalue weighted by Gasteiger charge is -2.07. The second-order valence-corrected chi connectivity index (χ2v) is 4.87. The Hall–Kier alpha value is -2.63. The molecule has 0 spiro atoms. The van der Waals surface area contributed by atoms with Gasteiger partial charge in [0.05, 0.1) is 17.6 Å². The summed E-state index contributed by atoms with van der Waals surface area (Å²) < 4.78 is 8.76. The first-order valence-electron chi connectivity index (χ1n) is 7.37. The lowest BCUT2D eigenvalue weighted by molar-refractivity contribution is -0.143. The number of nitrogens with zero attached hydrogens (tertiary/aromatic N) is 4. The van der Waals surface area contributed by atoms with E-state index >= 15 is 0 Å². The highest BCUT2D eigenvalue weighted by atomic mass is 16.5. The number of hydrogen-bond donors (Lipinski definition) is 0. The molecule has 0 aliphatic rings. The number of aryl methyl sites for hydroxylation is 1. The molecule has 0 fully saturated rings. The number of esters is 1. The fraction of sp³-hybridized carbons (Fsp3) is 0.312. The van der Waals surface area contributed by atoms with Crippen LogP contribution in [0.4, 0.5) is 0 Å². The predicted molar refractivity (Wildman–Crippen MR) is 83.3 cm³/mol. The van der Waals surface area contributed by atoms with Gasteiger partial charge in [0, 0.05) is 12.7 Å². The monoisotopic (exact) mass is 298 g/mol. The third-order valence-corrected chi connectivity index (χ3v) is 3.44. The maximum absolute atomic E-state index is 11.9. The second-order valence-electron chi connectivity index (χ2n) is 4.87. The Kier molecular flexibility index (Phi) is 3.91. The molecule has 0 N–H and O–H groups in total. The largest absolute Gasteiger partial charge is 0.465 e. The maximum Gasteiger partial charge on any atom is 0.326 e. The minimum atomic E-state index is -0.276. The molecule has 0 bridgehead atoms. The van der Waals surface area contributed by atoms with Crippen LogP contribution in [-0.2, 0) is 22.6 Å². The molecule has 0 radical (unpaired) electrons. The third kappa shape index (κ3) is 2.59. The molecule has 3 rings (SSSR count). The van der Waals surface area contributed by atoms with Gasteiger partial charge in [-0.1, -0.05) is 12.1 Å². The van der Waals surface area contributed by atoms with Crippen molar-refractivity contribution in [3.63, 3.8) is 0 Å². The predicted octanol–water partition coefficient (Wildman–Crippen LogP) is 2.48. The summed E-state index contributed by atoms with van der Waals surface area (Å²) >= 11 is 0. The molecule has 2 heterocycles. The highest BCUT2D eigenvalue weighted by Gasteiger charge is 2.17. The molecule has 6 heteroatoms. The topological polar surface area (TPSA) is 61.9 Å². The van der Waals surface area contributed by atoms with E-state index < -0.39 is 0 Å². The average molecular weight is 298 g/mol. The first-order valence-corrected chi connectivity index (χ1v) is 7.37. The van der Waals surface area contributed by atoms with Gasteiger partial charge < -0.3 is 9.30 Å². The molecule has 0 saturated carbocycles. The van der Waals surface area contributed by atoms with E-state index in [-0.39, 0.29) is 12.5 Å². The molecule has 2 aromatic heterocycles. The lowest BCUT2D eigenvalue weighted by Crippen LogP contribution is -2.14. The summed E-state index contributed by atoms with van der Waals surface area (Å²) in [7, 11) is 0. The number of carbonyl (C=O) groups is 1. The van der Waals surface area contributed by atoms with Gasteiger partial charge in [-0.3, -0.25) is 9.48 Å². The smallest absolute Gasteiger partial charge is 0.326 e. The van der Waals surface area contributed by atoms with Crippen LogP contribution >= 0.6 is 0 Å². The van der Waals surface area contributed by atoms with E-state index in [0.717, 1.165) is 23.3 Å². The van der Waals surface area contributed by atoms with Crippen molar-refractivity contribution >= 4 is 17.0 Å². The van der Waals surface area contributed by atoms with Crippen LogP contribution in [0.15, 0.2) is 36.5 Å². The maximum atomic E-state index is 11.9. The van der Waals surface area contributed by atoms with Crippen LogP contribution in [0.25, 0.3) is 22.6 Å². The molecular weight excluding hydrogens is 280 g/mol. The van der Waals surface area contributed by atoms with Crippen molar-refractivity contribution in [3.05, 3.63) is 36.5 Å². The van der Waals surface area contributed by atoms with Crippen LogP contribution in [0.3, 0.4) is 0 Å². The minimum Gasteiger partial charge on any atom is -0.465 e. The molecule has 0 amide bonds. The van der Waals surface area contributed by atoms with E-state index in [1.54, 1.807) is 6.92 Å². The highest BCUT2D eigenvalue weighted by molar-refractivity contribution is 5.82. The molecule has 22 heavy (non-hydrogen) atoms. The zero-order valence-corrected chi connectivity index (χ0v) is 12.7. The number of rotatable bonds is 5. The van der Waals surface area contributed by atoms with Crippen LogP contribution in [-0.4, -0.2) is 31.9 Å². The molecule has 0 saturated heterocycles. The summed E-state index contributed by atoms with van der Waals surface area (Å²) in [5.74, 6) is 0.406. The zero-order chi connectivity index (χ0) is 15.5. The van der Waals surface area contributed by atoms with Gasteiger partial charge in [0.25, 0.3) is 0 Å². The normalized spacial score (nSPS) is 11.0. The Bertz CT molecular complexity index is 803. The highest BCUT2D eigenvalue weighted by Crippen LogP contribution is 2.23. The second kappa shape index (κ2) is 6.01. The number of hydrogen-bond acceptors (Lipinski definition) is 4. The van der Waals surface area contributed by atoms with Gasteiger partial charge in [-0.2, -0.15) is 5.10 Å². The van der Waals surface area contributed by atoms with Crippen molar-refractivity contribution in [3.8, 4) is 11.5 Å². The summed E-state index contributed by atoms with van der Waals surface area (Å²) in [5, 5.41) is 4.49. The van der Waals surface area contributed by atoms with Crippen molar-refractivity contribution in [1.29, 1.82) is 0 Å². The van der Waals surface area contributed by atoms with Gasteiger partial charge in [0.2, 0.25) is 0 Å². The molecule has 0 unspecified atom stereocenters. The Morgan fingerprint density at radius 1 is 1.23 bits per heavy atom. The molecule has 1 aromatic carbocycles. The van der Waals surface area contributed by atoms with Crippen molar-refractivity contribution in [2.75, 3.05) is 6.61 Å². The Labute approximate surface area is 128 Å². The van der Waals surface area contributed by atoms with Gasteiger partial charge in [0.15, 0.2) is 5.82 Å². The van der Waals surface area contributed by atoms with Gasteiger partial charge in [0.1, 0.15) is 12.2 Å². The molecule has 0 aliphatic carbocycles. The SMILES string of the molecule is CCOC(=O)Cn1c(-c2ccn(CC)n2)nc2ccccc21. The van der Waals surface area contributed by atoms with E-state index in [1.165, 1.54) is 0 Å². The Morgan fingerprint density at radius 3 is 2.77 bits per heavy atom. The van der Waals surface area contributed by atoms with E-state index in [9.17, 15) is 4.79 Å². The van der Waals surface area contributed by atoms with Crippen LogP contribution in [0.2, 0.25) is 0 Å². The molecule has 6 nitrogen and oxygen atoms in total. The van der Waals surface area contributed by atoms with Gasteiger partial charge in [-0.05, 0) is 32.0 Å². The van der Waals surface area contributed by atoms with E-state index in [2.05, 4.69) is 10.1 Å². The van der Waals surface area contributed by atoms with Gasteiger partial charge in [-0.15, -0.1) is 0 Å². The Balaban J connectivity index is 2.09. The molecule has 0 aliphatic heterocycles. The van der Waals surface area contributed by atoms with Crippen molar-refractivity contribution in [1.82, 2.24) is 19.3 Å². The lowest BCUT2D eigenvalue weighted by atomic mass is 10.3. The van der Waals surface area contributed by atoms with E-state index in [1.807, 2.05) is 52.7 Å². The molecule has 114 valence electrons. The third-order valence-electron chi connectivity index (χ3n) is 3.44. The molecule has 3 aromatic rings. The standard InChI is InChI=1S/C16H18N4O2/c1-3-19-10-9-13(18-19)16-17-12-7-5-6-8-14(12)20(16)11-15(21)22-4-2/h5-10H,3-4,11H2,1-2H3. The van der Waals surface area contributed by atoms with Crippen LogP contribution < -0.4 is 0 Å². The number of fused-ring (bicyclic) bond motifs is 1. The number of aromatic nitrogens is 4. The van der Waals surface area contributed by atoms with Crippen molar-refractivity contribution in [2.45, 2.75) is 26.9 Å². The number of carbonyl (C=O) groups excluding carboxylic acids is 1. The molecular formula is C16H18N4O2. The number of para-hydroxylation sites is 2. The van der Waals surface area contributed by atoms with E-state index in [0.29, 0.717) is 12.4 Å². The number of ether oxygens (including phenoxy) is 1. The fourth-order valence-corrected chi connectivity index (χ4v) is 2.42. The van der Waals surface area contributed by atoms with Gasteiger partial charge in [-0.25, -0.2) is 4.98 Å². The molecule has 0 atom stereocenters. The Morgan fingerprint density at radius 2 is 2.05 bits per heavy atom. The van der Waals surface area contributed by atoms with Crippen molar-refractivity contribution < 1.29 is 9.53 Å². The number of imidazole rings is 1. The van der Waals surface area contributed by atoms with Crippen LogP contribution in [0.1, 0.15) is 13.8 Å². The minimum absolute atomic E-state index is 0.128. The summed E-state index contributed by atoms with van der Waals surface area (Å²) in [4.78, 5) is 16.5. The van der Waals surface area contributed by atoms with E-state index in [4.69, 9.17) is 4.74 Å². The first-order chi connectivity index (χ1) is 10.7. The quantitative estimate of drug-likeness (QED) is 0.679. The fourth-order valence-electron chi connectivity index (χ4n) is 2.42. The summed E-state index contributed by atoms with van der Waals surface area (Å²) in [5.41, 5.74) is 2.49. The average Bonchev–Trinajstić information content (AvgIpc) is 3.12. The zero-order valence-electron chi connectivity index (χ0n) is 12.7. The van der Waals surface area contributed by atoms with Crippen LogP contribution in [0, 0.1) is 0 Å². The van der Waals surface area contributed by atoms with Crippen molar-refractivity contribution in [2.24, 2.45) is 0 Å². The first kappa shape index (κ1) is 14.3. The van der Waals surface area contributed by atoms with Crippen LogP contribution in [0.5, 0.6) is 0 Å². The summed E-state index contributed by atoms with van der Waals surface area (Å²) in [6.07, 6.45) is 1.91.